The fourth-order valence-electron chi connectivity index (χ4n) is 2.89. The molecule has 1 aromatic carbocycles. The molecule has 0 amide bonds. The van der Waals surface area contributed by atoms with Gasteiger partial charge < -0.3 is 24.1 Å². The van der Waals surface area contributed by atoms with Crippen LogP contribution in [0.3, 0.4) is 0 Å². The SMILES string of the molecule is COc1cc(CNCC(C)Cn2ccnc2C)cc2c1OCCO2. The van der Waals surface area contributed by atoms with Crippen LogP contribution in [0.5, 0.6) is 17.2 Å². The number of nitrogens with one attached hydrogen (secondary N) is 1. The molecule has 2 aromatic rings. The molecular formula is C18H25N3O3. The van der Waals surface area contributed by atoms with Crippen molar-refractivity contribution in [2.45, 2.75) is 26.9 Å². The summed E-state index contributed by atoms with van der Waals surface area (Å²) in [7, 11) is 1.65. The van der Waals surface area contributed by atoms with E-state index in [9.17, 15) is 0 Å². The van der Waals surface area contributed by atoms with Gasteiger partial charge in [-0.25, -0.2) is 4.98 Å². The lowest BCUT2D eigenvalue weighted by Crippen LogP contribution is -2.24. The van der Waals surface area contributed by atoms with Gasteiger partial charge in [0.25, 0.3) is 0 Å². The van der Waals surface area contributed by atoms with E-state index in [0.717, 1.165) is 42.5 Å². The van der Waals surface area contributed by atoms with Gasteiger partial charge in [-0.15, -0.1) is 0 Å². The van der Waals surface area contributed by atoms with Gasteiger partial charge in [0.05, 0.1) is 7.11 Å². The molecule has 24 heavy (non-hydrogen) atoms. The summed E-state index contributed by atoms with van der Waals surface area (Å²) in [6, 6.07) is 4.03. The number of hydrogen-bond donors (Lipinski definition) is 1. The van der Waals surface area contributed by atoms with E-state index >= 15 is 0 Å². The van der Waals surface area contributed by atoms with Crippen LogP contribution in [0.1, 0.15) is 18.3 Å². The monoisotopic (exact) mass is 331 g/mol. The van der Waals surface area contributed by atoms with Gasteiger partial charge in [-0.3, -0.25) is 0 Å². The molecule has 2 heterocycles. The van der Waals surface area contributed by atoms with Gasteiger partial charge in [0.15, 0.2) is 11.5 Å². The number of methoxy groups -OCH3 is 1. The van der Waals surface area contributed by atoms with E-state index in [-0.39, 0.29) is 0 Å². The molecule has 0 spiro atoms. The van der Waals surface area contributed by atoms with Gasteiger partial charge in [0.1, 0.15) is 19.0 Å². The Labute approximate surface area is 142 Å². The van der Waals surface area contributed by atoms with E-state index in [4.69, 9.17) is 14.2 Å². The topological polar surface area (TPSA) is 57.5 Å². The highest BCUT2D eigenvalue weighted by atomic mass is 16.6. The van der Waals surface area contributed by atoms with Crippen LogP contribution in [0.2, 0.25) is 0 Å². The molecule has 0 saturated heterocycles. The van der Waals surface area contributed by atoms with Crippen LogP contribution in [-0.4, -0.2) is 36.4 Å². The number of rotatable bonds is 7. The first-order chi connectivity index (χ1) is 11.7. The summed E-state index contributed by atoms with van der Waals surface area (Å²) in [6.45, 7) is 8.05. The van der Waals surface area contributed by atoms with Crippen molar-refractivity contribution in [1.82, 2.24) is 14.9 Å². The molecule has 0 bridgehead atoms. The number of hydrogen-bond acceptors (Lipinski definition) is 5. The highest BCUT2D eigenvalue weighted by molar-refractivity contribution is 5.54. The highest BCUT2D eigenvalue weighted by Gasteiger charge is 2.18. The van der Waals surface area contributed by atoms with E-state index in [1.807, 2.05) is 31.5 Å². The maximum atomic E-state index is 5.67. The Bertz CT molecular complexity index is 667. The van der Waals surface area contributed by atoms with Crippen molar-refractivity contribution >= 4 is 0 Å². The molecule has 1 aliphatic rings. The Morgan fingerprint density at radius 3 is 2.92 bits per heavy atom. The quantitative estimate of drug-likeness (QED) is 0.844. The van der Waals surface area contributed by atoms with Crippen molar-refractivity contribution in [2.75, 3.05) is 26.9 Å². The average Bonchev–Trinajstić information content (AvgIpc) is 2.99. The number of aromatic nitrogens is 2. The normalized spacial score (nSPS) is 14.5. The van der Waals surface area contributed by atoms with Gasteiger partial charge in [-0.2, -0.15) is 0 Å². The lowest BCUT2D eigenvalue weighted by Gasteiger charge is -2.21. The molecule has 1 aromatic heterocycles. The Balaban J connectivity index is 1.55. The molecule has 130 valence electrons. The predicted molar refractivity (Wildman–Crippen MR) is 91.8 cm³/mol. The summed E-state index contributed by atoms with van der Waals surface area (Å²) >= 11 is 0. The van der Waals surface area contributed by atoms with Gasteiger partial charge in [0.2, 0.25) is 5.75 Å². The summed E-state index contributed by atoms with van der Waals surface area (Å²) in [6.07, 6.45) is 3.87. The second-order valence-corrected chi connectivity index (χ2v) is 6.19. The van der Waals surface area contributed by atoms with E-state index in [1.165, 1.54) is 0 Å². The van der Waals surface area contributed by atoms with Crippen molar-refractivity contribution in [2.24, 2.45) is 5.92 Å². The van der Waals surface area contributed by atoms with Gasteiger partial charge in [0, 0.05) is 25.5 Å². The largest absolute Gasteiger partial charge is 0.493 e. The van der Waals surface area contributed by atoms with Crippen LogP contribution < -0.4 is 19.5 Å². The molecular weight excluding hydrogens is 306 g/mol. The van der Waals surface area contributed by atoms with Crippen LogP contribution in [0.15, 0.2) is 24.5 Å². The van der Waals surface area contributed by atoms with Crippen LogP contribution in [0.25, 0.3) is 0 Å². The third-order valence-electron chi connectivity index (χ3n) is 4.14. The maximum Gasteiger partial charge on any atom is 0.203 e. The minimum Gasteiger partial charge on any atom is -0.493 e. The van der Waals surface area contributed by atoms with Crippen LogP contribution in [-0.2, 0) is 13.1 Å². The van der Waals surface area contributed by atoms with Gasteiger partial charge in [-0.05, 0) is 37.1 Å². The zero-order chi connectivity index (χ0) is 16.9. The average molecular weight is 331 g/mol. The minimum absolute atomic E-state index is 0.511. The highest BCUT2D eigenvalue weighted by Crippen LogP contribution is 2.40. The van der Waals surface area contributed by atoms with Crippen molar-refractivity contribution < 1.29 is 14.2 Å². The zero-order valence-corrected chi connectivity index (χ0v) is 14.5. The van der Waals surface area contributed by atoms with Crippen molar-refractivity contribution in [3.63, 3.8) is 0 Å². The fraction of sp³-hybridized carbons (Fsp3) is 0.500. The number of benzene rings is 1. The first kappa shape index (κ1) is 16.6. The third-order valence-corrected chi connectivity index (χ3v) is 4.14. The van der Waals surface area contributed by atoms with Gasteiger partial charge >= 0.3 is 0 Å². The van der Waals surface area contributed by atoms with Crippen molar-refractivity contribution in [1.29, 1.82) is 0 Å². The molecule has 0 fully saturated rings. The van der Waals surface area contributed by atoms with E-state index in [1.54, 1.807) is 7.11 Å². The van der Waals surface area contributed by atoms with Crippen LogP contribution in [0, 0.1) is 12.8 Å². The van der Waals surface area contributed by atoms with E-state index < -0.39 is 0 Å². The summed E-state index contributed by atoms with van der Waals surface area (Å²) in [5, 5.41) is 3.51. The summed E-state index contributed by atoms with van der Waals surface area (Å²) in [4.78, 5) is 4.26. The van der Waals surface area contributed by atoms with E-state index in [0.29, 0.717) is 24.9 Å². The predicted octanol–water partition coefficient (Wildman–Crippen LogP) is 2.40. The molecule has 1 unspecified atom stereocenters. The Kier molecular flexibility index (Phi) is 5.25. The van der Waals surface area contributed by atoms with Crippen LogP contribution >= 0.6 is 0 Å². The van der Waals surface area contributed by atoms with Crippen LogP contribution in [0.4, 0.5) is 0 Å². The Hall–Kier alpha value is -2.21. The number of nitrogens with zero attached hydrogens (tertiary/aromatic N) is 2. The molecule has 6 nitrogen and oxygen atoms in total. The zero-order valence-electron chi connectivity index (χ0n) is 14.5. The molecule has 6 heteroatoms. The first-order valence-electron chi connectivity index (χ1n) is 8.32. The second kappa shape index (κ2) is 7.57. The summed E-state index contributed by atoms with van der Waals surface area (Å²) in [5.74, 6) is 3.76. The lowest BCUT2D eigenvalue weighted by molar-refractivity contribution is 0.165. The molecule has 0 radical (unpaired) electrons. The van der Waals surface area contributed by atoms with E-state index in [2.05, 4.69) is 21.8 Å². The molecule has 3 rings (SSSR count). The number of fused-ring (bicyclic) bond motifs is 1. The fourth-order valence-corrected chi connectivity index (χ4v) is 2.89. The number of imidazole rings is 1. The Morgan fingerprint density at radius 1 is 1.33 bits per heavy atom. The molecule has 0 aliphatic carbocycles. The number of aryl methyl sites for hydroxylation is 1. The minimum atomic E-state index is 0.511. The standard InChI is InChI=1S/C18H25N3O3/c1-13(12-21-5-4-20-14(21)2)10-19-11-15-8-16(22-3)18-17(9-15)23-6-7-24-18/h4-5,8-9,13,19H,6-7,10-12H2,1-3H3. The molecule has 1 N–H and O–H groups in total. The van der Waals surface area contributed by atoms with Crippen molar-refractivity contribution in [3.05, 3.63) is 35.9 Å². The maximum absolute atomic E-state index is 5.67. The second-order valence-electron chi connectivity index (χ2n) is 6.19. The smallest absolute Gasteiger partial charge is 0.203 e. The summed E-state index contributed by atoms with van der Waals surface area (Å²) < 4.78 is 18.9. The third kappa shape index (κ3) is 3.82. The Morgan fingerprint density at radius 2 is 2.17 bits per heavy atom. The number of ether oxygens (including phenoxy) is 3. The molecule has 1 aliphatic heterocycles. The van der Waals surface area contributed by atoms with Gasteiger partial charge in [-0.1, -0.05) is 6.92 Å². The molecule has 0 saturated carbocycles. The lowest BCUT2D eigenvalue weighted by atomic mass is 10.1. The van der Waals surface area contributed by atoms with Crippen molar-refractivity contribution in [3.8, 4) is 17.2 Å². The first-order valence-corrected chi connectivity index (χ1v) is 8.32. The summed E-state index contributed by atoms with van der Waals surface area (Å²) in [5.41, 5.74) is 1.13. The molecule has 1 atom stereocenters.